The fraction of sp³-hybridized carbons (Fsp3) is 1.00. The van der Waals surface area contributed by atoms with Crippen LogP contribution in [-0.2, 0) is 0 Å². The molecule has 0 spiro atoms. The number of hydrogen-bond donors (Lipinski definition) is 1. The summed E-state index contributed by atoms with van der Waals surface area (Å²) in [6, 6.07) is 0. The molecule has 0 saturated carbocycles. The van der Waals surface area contributed by atoms with E-state index in [1.54, 1.807) is 0 Å². The van der Waals surface area contributed by atoms with E-state index in [-0.39, 0.29) is 0 Å². The Bertz CT molecular complexity index is 210. The van der Waals surface area contributed by atoms with Gasteiger partial charge in [-0.15, -0.1) is 0 Å². The van der Waals surface area contributed by atoms with E-state index in [0.29, 0.717) is 5.54 Å². The van der Waals surface area contributed by atoms with Crippen LogP contribution in [0, 0.1) is 5.92 Å². The zero-order chi connectivity index (χ0) is 11.6. The van der Waals surface area contributed by atoms with Crippen LogP contribution in [0.5, 0.6) is 0 Å². The van der Waals surface area contributed by atoms with Crippen molar-refractivity contribution in [3.63, 3.8) is 0 Å². The van der Waals surface area contributed by atoms with Crippen LogP contribution < -0.4 is 5.32 Å². The molecule has 2 aliphatic heterocycles. The number of rotatable bonds is 3. The molecule has 0 aromatic carbocycles. The average molecular weight is 225 g/mol. The number of hydrogen-bond acceptors (Lipinski definition) is 3. The first-order valence-corrected chi connectivity index (χ1v) is 6.74. The van der Waals surface area contributed by atoms with Gasteiger partial charge in [0.05, 0.1) is 0 Å². The van der Waals surface area contributed by atoms with Gasteiger partial charge in [0.15, 0.2) is 0 Å². The molecule has 0 atom stereocenters. The van der Waals surface area contributed by atoms with E-state index in [2.05, 4.69) is 35.9 Å². The van der Waals surface area contributed by atoms with Crippen LogP contribution in [0.2, 0.25) is 0 Å². The van der Waals surface area contributed by atoms with Crippen molar-refractivity contribution < 1.29 is 0 Å². The van der Waals surface area contributed by atoms with Crippen LogP contribution in [0.4, 0.5) is 0 Å². The second-order valence-corrected chi connectivity index (χ2v) is 6.32. The fourth-order valence-electron chi connectivity index (χ4n) is 2.60. The zero-order valence-corrected chi connectivity index (χ0v) is 11.1. The van der Waals surface area contributed by atoms with Crippen molar-refractivity contribution in [1.29, 1.82) is 0 Å². The van der Waals surface area contributed by atoms with Gasteiger partial charge in [-0.25, -0.2) is 0 Å². The molecule has 0 radical (unpaired) electrons. The van der Waals surface area contributed by atoms with Crippen molar-refractivity contribution in [1.82, 2.24) is 15.1 Å². The molecule has 3 heteroatoms. The Morgan fingerprint density at radius 2 is 1.75 bits per heavy atom. The monoisotopic (exact) mass is 225 g/mol. The summed E-state index contributed by atoms with van der Waals surface area (Å²) in [5, 5.41) is 3.41. The van der Waals surface area contributed by atoms with E-state index in [9.17, 15) is 0 Å². The third-order valence-electron chi connectivity index (χ3n) is 3.97. The fourth-order valence-corrected chi connectivity index (χ4v) is 2.60. The summed E-state index contributed by atoms with van der Waals surface area (Å²) < 4.78 is 0. The van der Waals surface area contributed by atoms with E-state index in [1.807, 2.05) is 0 Å². The lowest BCUT2D eigenvalue weighted by Gasteiger charge is -2.48. The molecule has 0 unspecified atom stereocenters. The first kappa shape index (κ1) is 12.3. The number of piperazine rings is 1. The maximum atomic E-state index is 3.41. The molecule has 0 aromatic rings. The van der Waals surface area contributed by atoms with Crippen LogP contribution in [0.25, 0.3) is 0 Å². The molecule has 3 nitrogen and oxygen atoms in total. The van der Waals surface area contributed by atoms with Crippen LogP contribution in [0.3, 0.4) is 0 Å². The lowest BCUT2D eigenvalue weighted by molar-refractivity contribution is 0.00607. The second kappa shape index (κ2) is 5.03. The van der Waals surface area contributed by atoms with E-state index in [4.69, 9.17) is 0 Å². The summed E-state index contributed by atoms with van der Waals surface area (Å²) >= 11 is 0. The quantitative estimate of drug-likeness (QED) is 0.773. The summed E-state index contributed by atoms with van der Waals surface area (Å²) in [6.07, 6.45) is 1.40. The van der Waals surface area contributed by atoms with Crippen molar-refractivity contribution in [2.45, 2.75) is 32.7 Å². The van der Waals surface area contributed by atoms with Gasteiger partial charge in [0, 0.05) is 44.8 Å². The largest absolute Gasteiger partial charge is 0.314 e. The van der Waals surface area contributed by atoms with Gasteiger partial charge in [-0.05, 0) is 39.7 Å². The van der Waals surface area contributed by atoms with Gasteiger partial charge in [0.2, 0.25) is 0 Å². The van der Waals surface area contributed by atoms with E-state index < -0.39 is 0 Å². The number of likely N-dealkylation sites (tertiary alicyclic amines) is 1. The van der Waals surface area contributed by atoms with Gasteiger partial charge < -0.3 is 10.2 Å². The summed E-state index contributed by atoms with van der Waals surface area (Å²) in [6.45, 7) is 15.7. The molecule has 0 bridgehead atoms. The summed E-state index contributed by atoms with van der Waals surface area (Å²) in [5.74, 6) is 0.953. The zero-order valence-electron chi connectivity index (χ0n) is 11.1. The average Bonchev–Trinajstić information content (AvgIpc) is 2.15. The molecule has 2 rings (SSSR count). The van der Waals surface area contributed by atoms with Gasteiger partial charge in [-0.2, -0.15) is 0 Å². The predicted octanol–water partition coefficient (Wildman–Crippen LogP) is 1.01. The second-order valence-electron chi connectivity index (χ2n) is 6.32. The molecule has 2 heterocycles. The highest BCUT2D eigenvalue weighted by Gasteiger charge is 2.33. The molecular formula is C13H27N3. The van der Waals surface area contributed by atoms with E-state index in [1.165, 1.54) is 52.2 Å². The molecule has 16 heavy (non-hydrogen) atoms. The highest BCUT2D eigenvalue weighted by molar-refractivity contribution is 4.89. The van der Waals surface area contributed by atoms with Crippen molar-refractivity contribution in [3.8, 4) is 0 Å². The van der Waals surface area contributed by atoms with Gasteiger partial charge in [-0.3, -0.25) is 4.90 Å². The SMILES string of the molecule is CC(C)(C)N1CC(CCN2CCNCC2)C1. The standard InChI is InChI=1S/C13H27N3/c1-13(2,3)16-10-12(11-16)4-7-15-8-5-14-6-9-15/h12,14H,4-11H2,1-3H3. The highest BCUT2D eigenvalue weighted by atomic mass is 15.2. The Hall–Kier alpha value is -0.120. The molecule has 2 fully saturated rings. The van der Waals surface area contributed by atoms with Gasteiger partial charge in [-0.1, -0.05) is 0 Å². The van der Waals surface area contributed by atoms with E-state index in [0.717, 1.165) is 5.92 Å². The van der Waals surface area contributed by atoms with Gasteiger partial charge in [0.1, 0.15) is 0 Å². The van der Waals surface area contributed by atoms with Crippen molar-refractivity contribution >= 4 is 0 Å². The number of nitrogens with zero attached hydrogens (tertiary/aromatic N) is 2. The lowest BCUT2D eigenvalue weighted by Crippen LogP contribution is -2.56. The maximum absolute atomic E-state index is 3.41. The molecular weight excluding hydrogens is 198 g/mol. The maximum Gasteiger partial charge on any atom is 0.0125 e. The van der Waals surface area contributed by atoms with Crippen LogP contribution in [-0.4, -0.2) is 61.2 Å². The summed E-state index contributed by atoms with van der Waals surface area (Å²) in [4.78, 5) is 5.20. The molecule has 2 saturated heterocycles. The third-order valence-corrected chi connectivity index (χ3v) is 3.97. The first-order chi connectivity index (χ1) is 7.55. The Morgan fingerprint density at radius 1 is 1.12 bits per heavy atom. The highest BCUT2D eigenvalue weighted by Crippen LogP contribution is 2.27. The van der Waals surface area contributed by atoms with Gasteiger partial charge >= 0.3 is 0 Å². The summed E-state index contributed by atoms with van der Waals surface area (Å²) in [5.41, 5.74) is 0.381. The topological polar surface area (TPSA) is 18.5 Å². The normalized spacial score (nSPS) is 25.7. The Kier molecular flexibility index (Phi) is 3.88. The number of nitrogens with one attached hydrogen (secondary N) is 1. The predicted molar refractivity (Wildman–Crippen MR) is 68.7 cm³/mol. The van der Waals surface area contributed by atoms with Crippen LogP contribution >= 0.6 is 0 Å². The molecule has 2 aliphatic rings. The van der Waals surface area contributed by atoms with Crippen molar-refractivity contribution in [2.75, 3.05) is 45.8 Å². The third kappa shape index (κ3) is 3.19. The minimum absolute atomic E-state index is 0.381. The minimum atomic E-state index is 0.381. The Morgan fingerprint density at radius 3 is 2.31 bits per heavy atom. The molecule has 0 aromatic heterocycles. The lowest BCUT2D eigenvalue weighted by atomic mass is 9.90. The Balaban J connectivity index is 1.59. The smallest absolute Gasteiger partial charge is 0.0125 e. The first-order valence-electron chi connectivity index (χ1n) is 6.74. The van der Waals surface area contributed by atoms with Crippen LogP contribution in [0.15, 0.2) is 0 Å². The Labute approximate surface area is 100 Å². The molecule has 0 aliphatic carbocycles. The van der Waals surface area contributed by atoms with Gasteiger partial charge in [0.25, 0.3) is 0 Å². The minimum Gasteiger partial charge on any atom is -0.314 e. The van der Waals surface area contributed by atoms with Crippen molar-refractivity contribution in [2.24, 2.45) is 5.92 Å². The molecule has 0 amide bonds. The summed E-state index contributed by atoms with van der Waals surface area (Å²) in [7, 11) is 0. The van der Waals surface area contributed by atoms with Crippen LogP contribution in [0.1, 0.15) is 27.2 Å². The van der Waals surface area contributed by atoms with E-state index >= 15 is 0 Å². The molecule has 1 N–H and O–H groups in total. The van der Waals surface area contributed by atoms with Crippen molar-refractivity contribution in [3.05, 3.63) is 0 Å². The molecule has 94 valence electrons.